The number of carbonyl (C=O) groups excluding carboxylic acids is 2. The molecule has 2 aliphatic heterocycles. The highest BCUT2D eigenvalue weighted by Gasteiger charge is 2.36. The molecule has 0 N–H and O–H groups in total. The van der Waals surface area contributed by atoms with Crippen LogP contribution in [0.3, 0.4) is 0 Å². The Morgan fingerprint density at radius 1 is 1.00 bits per heavy atom. The summed E-state index contributed by atoms with van der Waals surface area (Å²) in [6.45, 7) is 5.69. The second-order valence-corrected chi connectivity index (χ2v) is 10.8. The Morgan fingerprint density at radius 3 is 2.33 bits per heavy atom. The number of hydrogen-bond donors (Lipinski definition) is 0. The van der Waals surface area contributed by atoms with Crippen LogP contribution in [0.25, 0.3) is 0 Å². The van der Waals surface area contributed by atoms with Gasteiger partial charge >= 0.3 is 0 Å². The largest absolute Gasteiger partial charge is 0.493 e. The topological polar surface area (TPSA) is 59.1 Å². The van der Waals surface area contributed by atoms with E-state index in [1.54, 1.807) is 7.11 Å². The van der Waals surface area contributed by atoms with Crippen LogP contribution in [0.15, 0.2) is 60.7 Å². The average Bonchev–Trinajstić information content (AvgIpc) is 2.97. The summed E-state index contributed by atoms with van der Waals surface area (Å²) >= 11 is 6.23. The third-order valence-corrected chi connectivity index (χ3v) is 7.97. The summed E-state index contributed by atoms with van der Waals surface area (Å²) in [5.74, 6) is 1.28. The van der Waals surface area contributed by atoms with Crippen LogP contribution in [0.1, 0.15) is 72.6 Å². The molecule has 2 amide bonds. The molecule has 0 saturated carbocycles. The number of piperidine rings is 1. The molecule has 3 aromatic rings. The highest BCUT2D eigenvalue weighted by molar-refractivity contribution is 6.30. The highest BCUT2D eigenvalue weighted by Crippen LogP contribution is 2.44. The van der Waals surface area contributed by atoms with E-state index in [4.69, 9.17) is 21.1 Å². The minimum absolute atomic E-state index is 0.0113. The SMILES string of the molecule is CCC(C)Oc1cc2c(cc1OC)CC(=O)N(c1ccc(C(=O)N3CCCCC3)cc1)C2c1ccc(Cl)cc1. The monoisotopic (exact) mass is 546 g/mol. The van der Waals surface area contributed by atoms with Gasteiger partial charge in [0.25, 0.3) is 5.91 Å². The van der Waals surface area contributed by atoms with Crippen molar-refractivity contribution in [2.24, 2.45) is 0 Å². The van der Waals surface area contributed by atoms with E-state index < -0.39 is 6.04 Å². The Bertz CT molecular complexity index is 1330. The van der Waals surface area contributed by atoms with Crippen LogP contribution in [-0.4, -0.2) is 43.0 Å². The van der Waals surface area contributed by atoms with Gasteiger partial charge in [-0.05, 0) is 97.8 Å². The lowest BCUT2D eigenvalue weighted by Gasteiger charge is -2.38. The van der Waals surface area contributed by atoms with Crippen LogP contribution in [-0.2, 0) is 11.2 Å². The van der Waals surface area contributed by atoms with E-state index in [1.165, 1.54) is 6.42 Å². The summed E-state index contributed by atoms with van der Waals surface area (Å²) in [6.07, 6.45) is 4.35. The molecule has 0 spiro atoms. The molecule has 0 radical (unpaired) electrons. The van der Waals surface area contributed by atoms with Gasteiger partial charge in [0.2, 0.25) is 5.91 Å². The number of halogens is 1. The quantitative estimate of drug-likeness (QED) is 0.326. The number of anilines is 1. The number of rotatable bonds is 7. The zero-order valence-corrected chi connectivity index (χ0v) is 23.5. The lowest BCUT2D eigenvalue weighted by Crippen LogP contribution is -2.41. The summed E-state index contributed by atoms with van der Waals surface area (Å²) in [5, 5.41) is 0.628. The minimum atomic E-state index is -0.396. The van der Waals surface area contributed by atoms with Crippen molar-refractivity contribution in [2.45, 2.75) is 58.1 Å². The first-order valence-electron chi connectivity index (χ1n) is 13.7. The molecule has 0 bridgehead atoms. The molecule has 2 heterocycles. The lowest BCUT2D eigenvalue weighted by atomic mass is 9.86. The maximum Gasteiger partial charge on any atom is 0.253 e. The molecule has 39 heavy (non-hydrogen) atoms. The molecular formula is C32H35ClN2O4. The van der Waals surface area contributed by atoms with Crippen molar-refractivity contribution in [1.82, 2.24) is 4.90 Å². The maximum absolute atomic E-state index is 13.7. The van der Waals surface area contributed by atoms with Crippen molar-refractivity contribution in [2.75, 3.05) is 25.1 Å². The molecule has 2 unspecified atom stereocenters. The lowest BCUT2D eigenvalue weighted by molar-refractivity contribution is -0.118. The van der Waals surface area contributed by atoms with Gasteiger partial charge in [0.05, 0.1) is 25.7 Å². The van der Waals surface area contributed by atoms with Gasteiger partial charge in [-0.15, -0.1) is 0 Å². The fourth-order valence-electron chi connectivity index (χ4n) is 5.42. The first-order valence-corrected chi connectivity index (χ1v) is 14.1. The number of fused-ring (bicyclic) bond motifs is 1. The predicted molar refractivity (Wildman–Crippen MR) is 154 cm³/mol. The van der Waals surface area contributed by atoms with Crippen molar-refractivity contribution in [3.05, 3.63) is 87.9 Å². The Morgan fingerprint density at radius 2 is 1.69 bits per heavy atom. The number of ether oxygens (including phenoxy) is 2. The predicted octanol–water partition coefficient (Wildman–Crippen LogP) is 6.83. The van der Waals surface area contributed by atoms with Gasteiger partial charge in [0, 0.05) is 29.4 Å². The van der Waals surface area contributed by atoms with Gasteiger partial charge in [-0.3, -0.25) is 9.59 Å². The maximum atomic E-state index is 13.7. The van der Waals surface area contributed by atoms with Crippen molar-refractivity contribution in [3.63, 3.8) is 0 Å². The molecule has 7 heteroatoms. The Balaban J connectivity index is 1.56. The summed E-state index contributed by atoms with van der Waals surface area (Å²) in [5.41, 5.74) is 4.19. The van der Waals surface area contributed by atoms with Crippen molar-refractivity contribution in [3.8, 4) is 11.5 Å². The molecule has 6 nitrogen and oxygen atoms in total. The summed E-state index contributed by atoms with van der Waals surface area (Å²) in [6, 6.07) is 18.5. The van der Waals surface area contributed by atoms with E-state index in [0.29, 0.717) is 22.1 Å². The van der Waals surface area contributed by atoms with Gasteiger partial charge < -0.3 is 19.3 Å². The smallest absolute Gasteiger partial charge is 0.253 e. The van der Waals surface area contributed by atoms with E-state index in [-0.39, 0.29) is 24.3 Å². The number of hydrogen-bond acceptors (Lipinski definition) is 4. The van der Waals surface area contributed by atoms with Crippen LogP contribution < -0.4 is 14.4 Å². The van der Waals surface area contributed by atoms with Crippen molar-refractivity contribution < 1.29 is 19.1 Å². The number of methoxy groups -OCH3 is 1. The first-order chi connectivity index (χ1) is 18.9. The molecule has 0 aliphatic carbocycles. The number of benzene rings is 3. The summed E-state index contributed by atoms with van der Waals surface area (Å²) in [4.78, 5) is 30.5. The van der Waals surface area contributed by atoms with Crippen LogP contribution in [0.5, 0.6) is 11.5 Å². The standard InChI is InChI=1S/C32H35ClN2O4/c1-4-21(2)39-29-20-27-24(18-28(29)38-3)19-30(36)35(31(27)22-8-12-25(33)13-9-22)26-14-10-23(11-15-26)32(37)34-16-6-5-7-17-34/h8-15,18,20-21,31H,4-7,16-17,19H2,1-3H3. The molecule has 3 aromatic carbocycles. The fraction of sp³-hybridized carbons (Fsp3) is 0.375. The second kappa shape index (κ2) is 11.7. The van der Waals surface area contributed by atoms with Crippen LogP contribution in [0.2, 0.25) is 5.02 Å². The van der Waals surface area contributed by atoms with Crippen LogP contribution in [0, 0.1) is 0 Å². The zero-order valence-electron chi connectivity index (χ0n) is 22.8. The molecule has 2 atom stereocenters. The molecule has 0 aromatic heterocycles. The zero-order chi connectivity index (χ0) is 27.5. The van der Waals surface area contributed by atoms with Crippen molar-refractivity contribution >= 4 is 29.1 Å². The van der Waals surface area contributed by atoms with Gasteiger partial charge in [-0.25, -0.2) is 0 Å². The van der Waals surface area contributed by atoms with Gasteiger partial charge in [-0.1, -0.05) is 30.7 Å². The number of carbonyl (C=O) groups is 2. The van der Waals surface area contributed by atoms with Crippen LogP contribution in [0.4, 0.5) is 5.69 Å². The van der Waals surface area contributed by atoms with E-state index in [9.17, 15) is 9.59 Å². The molecule has 2 aliphatic rings. The molecule has 5 rings (SSSR count). The molecular weight excluding hydrogens is 512 g/mol. The van der Waals surface area contributed by atoms with Gasteiger partial charge in [-0.2, -0.15) is 0 Å². The summed E-state index contributed by atoms with van der Waals surface area (Å²) < 4.78 is 11.9. The molecule has 1 saturated heterocycles. The first kappa shape index (κ1) is 27.1. The van der Waals surface area contributed by atoms with E-state index >= 15 is 0 Å². The van der Waals surface area contributed by atoms with E-state index in [1.807, 2.05) is 77.4 Å². The third-order valence-electron chi connectivity index (χ3n) is 7.71. The normalized spacial score (nSPS) is 17.9. The van der Waals surface area contributed by atoms with E-state index in [2.05, 4.69) is 6.92 Å². The Kier molecular flexibility index (Phi) is 8.12. The number of amides is 2. The van der Waals surface area contributed by atoms with Crippen LogP contribution >= 0.6 is 11.6 Å². The minimum Gasteiger partial charge on any atom is -0.493 e. The number of nitrogens with zero attached hydrogens (tertiary/aromatic N) is 2. The number of likely N-dealkylation sites (tertiary alicyclic amines) is 1. The van der Waals surface area contributed by atoms with Crippen molar-refractivity contribution in [1.29, 1.82) is 0 Å². The Labute approximate surface area is 235 Å². The average molecular weight is 547 g/mol. The third kappa shape index (κ3) is 5.62. The highest BCUT2D eigenvalue weighted by atomic mass is 35.5. The molecule has 1 fully saturated rings. The molecule has 204 valence electrons. The van der Waals surface area contributed by atoms with Gasteiger partial charge in [0.15, 0.2) is 11.5 Å². The fourth-order valence-corrected chi connectivity index (χ4v) is 5.55. The Hall–Kier alpha value is -3.51. The second-order valence-electron chi connectivity index (χ2n) is 10.3. The van der Waals surface area contributed by atoms with E-state index in [0.717, 1.165) is 54.7 Å². The van der Waals surface area contributed by atoms with Gasteiger partial charge in [0.1, 0.15) is 0 Å². The summed E-state index contributed by atoms with van der Waals surface area (Å²) in [7, 11) is 1.62.